The van der Waals surface area contributed by atoms with Crippen molar-refractivity contribution >= 4 is 0 Å². The second kappa shape index (κ2) is 8.04. The molecule has 0 aromatic heterocycles. The van der Waals surface area contributed by atoms with E-state index in [1.807, 2.05) is 0 Å². The van der Waals surface area contributed by atoms with Crippen LogP contribution in [0.1, 0.15) is 41.0 Å². The van der Waals surface area contributed by atoms with E-state index in [0.29, 0.717) is 6.10 Å². The highest BCUT2D eigenvalue weighted by atomic mass is 16.5. The molecule has 0 unspecified atom stereocenters. The molecule has 3 heteroatoms. The van der Waals surface area contributed by atoms with Gasteiger partial charge in [-0.2, -0.15) is 0 Å². The lowest BCUT2D eigenvalue weighted by atomic mass is 9.93. The van der Waals surface area contributed by atoms with Crippen LogP contribution in [0.25, 0.3) is 0 Å². The first-order valence-corrected chi connectivity index (χ1v) is 6.45. The minimum absolute atomic E-state index is 0.201. The summed E-state index contributed by atoms with van der Waals surface area (Å²) < 4.78 is 5.59. The summed E-state index contributed by atoms with van der Waals surface area (Å²) in [6.07, 6.45) is 1.51. The Kier molecular flexibility index (Phi) is 7.98. The van der Waals surface area contributed by atoms with Crippen molar-refractivity contribution in [3.05, 3.63) is 0 Å². The number of ether oxygens (including phenoxy) is 1. The highest BCUT2D eigenvalue weighted by Crippen LogP contribution is 2.14. The summed E-state index contributed by atoms with van der Waals surface area (Å²) >= 11 is 0. The van der Waals surface area contributed by atoms with Gasteiger partial charge in [0.15, 0.2) is 0 Å². The van der Waals surface area contributed by atoms with Crippen LogP contribution in [0.2, 0.25) is 0 Å². The van der Waals surface area contributed by atoms with Gasteiger partial charge < -0.3 is 15.4 Å². The minimum Gasteiger partial charge on any atom is -0.377 e. The molecular formula is C13H30N2O. The van der Waals surface area contributed by atoms with Gasteiger partial charge in [0.1, 0.15) is 0 Å². The Morgan fingerprint density at radius 2 is 1.88 bits per heavy atom. The minimum atomic E-state index is 0.201. The zero-order valence-corrected chi connectivity index (χ0v) is 11.8. The quantitative estimate of drug-likeness (QED) is 0.659. The fourth-order valence-corrected chi connectivity index (χ4v) is 1.67. The van der Waals surface area contributed by atoms with E-state index >= 15 is 0 Å². The third-order valence-corrected chi connectivity index (χ3v) is 2.60. The van der Waals surface area contributed by atoms with E-state index < -0.39 is 0 Å². The normalized spacial score (nSPS) is 12.8. The predicted molar refractivity (Wildman–Crippen MR) is 70.7 cm³/mol. The van der Waals surface area contributed by atoms with Gasteiger partial charge in [-0.15, -0.1) is 0 Å². The van der Waals surface area contributed by atoms with Crippen LogP contribution in [-0.2, 0) is 4.74 Å². The van der Waals surface area contributed by atoms with Gasteiger partial charge in [0.05, 0.1) is 12.7 Å². The molecule has 3 nitrogen and oxygen atoms in total. The van der Waals surface area contributed by atoms with Gasteiger partial charge in [-0.25, -0.2) is 0 Å². The second-order valence-corrected chi connectivity index (χ2v) is 5.56. The number of nitrogens with zero attached hydrogens (tertiary/aromatic N) is 1. The average molecular weight is 230 g/mol. The van der Waals surface area contributed by atoms with E-state index in [0.717, 1.165) is 32.8 Å². The average Bonchev–Trinajstić information content (AvgIpc) is 2.17. The molecule has 0 aliphatic rings. The van der Waals surface area contributed by atoms with Gasteiger partial charge >= 0.3 is 0 Å². The molecule has 0 fully saturated rings. The molecule has 0 aliphatic heterocycles. The second-order valence-electron chi connectivity index (χ2n) is 5.56. The standard InChI is InChI=1S/C13H30N2O/c1-6-7-15(8-9-16-12(2)3)11-13(4,5)10-14/h12H,6-11,14H2,1-5H3. The topological polar surface area (TPSA) is 38.5 Å². The Bertz CT molecular complexity index is 169. The van der Waals surface area contributed by atoms with Crippen molar-refractivity contribution in [2.75, 3.05) is 32.8 Å². The molecule has 0 heterocycles. The van der Waals surface area contributed by atoms with Crippen molar-refractivity contribution in [2.24, 2.45) is 11.1 Å². The molecule has 0 aromatic rings. The SMILES string of the molecule is CCCN(CCOC(C)C)CC(C)(C)CN. The van der Waals surface area contributed by atoms with Crippen LogP contribution >= 0.6 is 0 Å². The largest absolute Gasteiger partial charge is 0.377 e. The van der Waals surface area contributed by atoms with Crippen molar-refractivity contribution in [3.8, 4) is 0 Å². The lowest BCUT2D eigenvalue weighted by Gasteiger charge is -2.31. The number of nitrogens with two attached hydrogens (primary N) is 1. The molecule has 98 valence electrons. The van der Waals surface area contributed by atoms with Gasteiger partial charge in [-0.1, -0.05) is 20.8 Å². The summed E-state index contributed by atoms with van der Waals surface area (Å²) in [7, 11) is 0. The molecule has 0 saturated heterocycles. The van der Waals surface area contributed by atoms with Crippen molar-refractivity contribution < 1.29 is 4.74 Å². The summed E-state index contributed by atoms with van der Waals surface area (Å²) in [5.74, 6) is 0. The van der Waals surface area contributed by atoms with Crippen LogP contribution in [-0.4, -0.2) is 43.8 Å². The fourth-order valence-electron chi connectivity index (χ4n) is 1.67. The van der Waals surface area contributed by atoms with Crippen LogP contribution in [0.3, 0.4) is 0 Å². The highest BCUT2D eigenvalue weighted by Gasteiger charge is 2.19. The van der Waals surface area contributed by atoms with Crippen molar-refractivity contribution in [1.29, 1.82) is 0 Å². The maximum Gasteiger partial charge on any atom is 0.0596 e. The van der Waals surface area contributed by atoms with Crippen molar-refractivity contribution in [1.82, 2.24) is 4.90 Å². The molecule has 0 saturated carbocycles. The van der Waals surface area contributed by atoms with Gasteiger partial charge in [0.2, 0.25) is 0 Å². The molecule has 0 aliphatic carbocycles. The molecule has 2 N–H and O–H groups in total. The van der Waals surface area contributed by atoms with E-state index in [2.05, 4.69) is 39.5 Å². The molecule has 0 aromatic carbocycles. The van der Waals surface area contributed by atoms with E-state index in [-0.39, 0.29) is 5.41 Å². The molecular weight excluding hydrogens is 200 g/mol. The molecule has 0 spiro atoms. The van der Waals surface area contributed by atoms with E-state index in [4.69, 9.17) is 10.5 Å². The Balaban J connectivity index is 3.96. The molecule has 0 bridgehead atoms. The maximum absolute atomic E-state index is 5.77. The summed E-state index contributed by atoms with van der Waals surface area (Å²) in [6, 6.07) is 0. The van der Waals surface area contributed by atoms with E-state index in [1.165, 1.54) is 6.42 Å². The summed E-state index contributed by atoms with van der Waals surface area (Å²) in [5, 5.41) is 0. The third kappa shape index (κ3) is 8.08. The highest BCUT2D eigenvalue weighted by molar-refractivity contribution is 4.74. The first-order valence-electron chi connectivity index (χ1n) is 6.45. The van der Waals surface area contributed by atoms with Crippen LogP contribution in [0.4, 0.5) is 0 Å². The van der Waals surface area contributed by atoms with Crippen molar-refractivity contribution in [2.45, 2.75) is 47.1 Å². The van der Waals surface area contributed by atoms with E-state index in [1.54, 1.807) is 0 Å². The Hall–Kier alpha value is -0.120. The predicted octanol–water partition coefficient (Wildman–Crippen LogP) is 2.11. The first-order chi connectivity index (χ1) is 7.41. The van der Waals surface area contributed by atoms with Crippen LogP contribution < -0.4 is 5.73 Å². The van der Waals surface area contributed by atoms with Gasteiger partial charge in [-0.3, -0.25) is 0 Å². The molecule has 0 radical (unpaired) electrons. The van der Waals surface area contributed by atoms with E-state index in [9.17, 15) is 0 Å². The van der Waals surface area contributed by atoms with Gasteiger partial charge in [0.25, 0.3) is 0 Å². The number of rotatable bonds is 9. The van der Waals surface area contributed by atoms with Crippen LogP contribution in [0, 0.1) is 5.41 Å². The summed E-state index contributed by atoms with van der Waals surface area (Å²) in [4.78, 5) is 2.45. The van der Waals surface area contributed by atoms with Gasteiger partial charge in [0, 0.05) is 13.1 Å². The monoisotopic (exact) mass is 230 g/mol. The summed E-state index contributed by atoms with van der Waals surface area (Å²) in [5.41, 5.74) is 5.97. The van der Waals surface area contributed by atoms with Crippen LogP contribution in [0.5, 0.6) is 0 Å². The lowest BCUT2D eigenvalue weighted by molar-refractivity contribution is 0.0510. The summed E-state index contributed by atoms with van der Waals surface area (Å²) in [6.45, 7) is 15.6. The molecule has 0 atom stereocenters. The molecule has 0 rings (SSSR count). The Labute approximate surface area is 101 Å². The van der Waals surface area contributed by atoms with Crippen molar-refractivity contribution in [3.63, 3.8) is 0 Å². The maximum atomic E-state index is 5.77. The third-order valence-electron chi connectivity index (χ3n) is 2.60. The zero-order chi connectivity index (χ0) is 12.6. The molecule has 0 amide bonds. The van der Waals surface area contributed by atoms with Crippen LogP contribution in [0.15, 0.2) is 0 Å². The number of hydrogen-bond donors (Lipinski definition) is 1. The smallest absolute Gasteiger partial charge is 0.0596 e. The fraction of sp³-hybridized carbons (Fsp3) is 1.00. The Morgan fingerprint density at radius 1 is 1.25 bits per heavy atom. The Morgan fingerprint density at radius 3 is 2.31 bits per heavy atom. The number of hydrogen-bond acceptors (Lipinski definition) is 3. The van der Waals surface area contributed by atoms with Gasteiger partial charge in [-0.05, 0) is 38.8 Å². The lowest BCUT2D eigenvalue weighted by Crippen LogP contribution is -2.40. The first kappa shape index (κ1) is 15.9. The zero-order valence-electron chi connectivity index (χ0n) is 11.8. The molecule has 16 heavy (non-hydrogen) atoms.